The minimum absolute atomic E-state index is 0.118. The highest BCUT2D eigenvalue weighted by Gasteiger charge is 2.26. The standard InChI is InChI=1S/C23H30N2O3/c26-15-6-16-28-22-10-5-4-9-20(22)11-12-23(27)25-14-13-24-18-21(25)17-19-7-2-1-3-8-19/h1-5,7-10,21,24,26H,6,11-18H2. The lowest BCUT2D eigenvalue weighted by atomic mass is 10.0. The van der Waals surface area contributed by atoms with Crippen molar-refractivity contribution in [3.63, 3.8) is 0 Å². The Morgan fingerprint density at radius 2 is 1.93 bits per heavy atom. The topological polar surface area (TPSA) is 61.8 Å². The van der Waals surface area contributed by atoms with Gasteiger partial charge in [-0.3, -0.25) is 4.79 Å². The molecule has 5 nitrogen and oxygen atoms in total. The van der Waals surface area contributed by atoms with Crippen molar-refractivity contribution in [3.05, 3.63) is 65.7 Å². The fourth-order valence-electron chi connectivity index (χ4n) is 3.64. The Bertz CT molecular complexity index is 736. The van der Waals surface area contributed by atoms with Crippen LogP contribution in [0.3, 0.4) is 0 Å². The van der Waals surface area contributed by atoms with E-state index in [0.29, 0.717) is 25.9 Å². The summed E-state index contributed by atoms with van der Waals surface area (Å²) >= 11 is 0. The molecular formula is C23H30N2O3. The molecule has 3 rings (SSSR count). The second kappa shape index (κ2) is 10.8. The summed E-state index contributed by atoms with van der Waals surface area (Å²) in [5.74, 6) is 1.01. The minimum Gasteiger partial charge on any atom is -0.493 e. The molecule has 2 aromatic carbocycles. The molecule has 5 heteroatoms. The molecule has 1 fully saturated rings. The largest absolute Gasteiger partial charge is 0.493 e. The van der Waals surface area contributed by atoms with Crippen LogP contribution in [-0.4, -0.2) is 54.8 Å². The molecule has 0 aromatic heterocycles. The summed E-state index contributed by atoms with van der Waals surface area (Å²) < 4.78 is 5.76. The summed E-state index contributed by atoms with van der Waals surface area (Å²) in [5.41, 5.74) is 2.31. The van der Waals surface area contributed by atoms with Gasteiger partial charge in [0.05, 0.1) is 6.61 Å². The summed E-state index contributed by atoms with van der Waals surface area (Å²) in [6.45, 7) is 3.04. The van der Waals surface area contributed by atoms with Crippen molar-refractivity contribution in [2.45, 2.75) is 31.7 Å². The number of carbonyl (C=O) groups excluding carboxylic acids is 1. The number of nitrogens with zero attached hydrogens (tertiary/aromatic N) is 1. The van der Waals surface area contributed by atoms with Gasteiger partial charge in [0.15, 0.2) is 0 Å². The number of para-hydroxylation sites is 1. The Balaban J connectivity index is 1.58. The zero-order valence-corrected chi connectivity index (χ0v) is 16.3. The van der Waals surface area contributed by atoms with Crippen LogP contribution in [0.15, 0.2) is 54.6 Å². The quantitative estimate of drug-likeness (QED) is 0.654. The summed E-state index contributed by atoms with van der Waals surface area (Å²) in [6.07, 6.45) is 2.62. The van der Waals surface area contributed by atoms with Gasteiger partial charge in [-0.25, -0.2) is 0 Å². The van der Waals surface area contributed by atoms with E-state index >= 15 is 0 Å². The average molecular weight is 383 g/mol. The highest BCUT2D eigenvalue weighted by molar-refractivity contribution is 5.77. The maximum Gasteiger partial charge on any atom is 0.223 e. The molecule has 0 spiro atoms. The Morgan fingerprint density at radius 1 is 1.14 bits per heavy atom. The summed E-state index contributed by atoms with van der Waals surface area (Å²) in [6, 6.07) is 18.4. The van der Waals surface area contributed by atoms with E-state index in [1.54, 1.807) is 0 Å². The number of nitrogens with one attached hydrogen (secondary N) is 1. The summed E-state index contributed by atoms with van der Waals surface area (Å²) in [7, 11) is 0. The first-order valence-electron chi connectivity index (χ1n) is 10.1. The molecule has 0 bridgehead atoms. The van der Waals surface area contributed by atoms with Crippen molar-refractivity contribution in [2.24, 2.45) is 0 Å². The minimum atomic E-state index is 0.118. The first kappa shape index (κ1) is 20.4. The summed E-state index contributed by atoms with van der Waals surface area (Å²) in [5, 5.41) is 12.3. The van der Waals surface area contributed by atoms with Crippen LogP contribution in [0.2, 0.25) is 0 Å². The molecular weight excluding hydrogens is 352 g/mol. The van der Waals surface area contributed by atoms with E-state index < -0.39 is 0 Å². The number of amides is 1. The lowest BCUT2D eigenvalue weighted by Gasteiger charge is -2.36. The monoisotopic (exact) mass is 382 g/mol. The summed E-state index contributed by atoms with van der Waals surface area (Å²) in [4.78, 5) is 15.0. The normalized spacial score (nSPS) is 16.8. The van der Waals surface area contributed by atoms with Crippen LogP contribution in [0.1, 0.15) is 24.0 Å². The van der Waals surface area contributed by atoms with Crippen molar-refractivity contribution in [2.75, 3.05) is 32.8 Å². The molecule has 150 valence electrons. The van der Waals surface area contributed by atoms with Crippen LogP contribution in [-0.2, 0) is 17.6 Å². The van der Waals surface area contributed by atoms with E-state index in [4.69, 9.17) is 9.84 Å². The molecule has 1 unspecified atom stereocenters. The number of ether oxygens (including phenoxy) is 1. The van der Waals surface area contributed by atoms with Gasteiger partial charge >= 0.3 is 0 Å². The maximum absolute atomic E-state index is 13.0. The number of carbonyl (C=O) groups is 1. The van der Waals surface area contributed by atoms with Gasteiger partial charge in [0.2, 0.25) is 5.91 Å². The van der Waals surface area contributed by atoms with Crippen LogP contribution in [0.25, 0.3) is 0 Å². The molecule has 0 aliphatic carbocycles. The van der Waals surface area contributed by atoms with Crippen molar-refractivity contribution in [1.29, 1.82) is 0 Å². The van der Waals surface area contributed by atoms with Gasteiger partial charge in [-0.15, -0.1) is 0 Å². The first-order chi connectivity index (χ1) is 13.8. The van der Waals surface area contributed by atoms with Crippen LogP contribution < -0.4 is 10.1 Å². The Kier molecular flexibility index (Phi) is 7.88. The molecule has 1 amide bonds. The number of aliphatic hydroxyl groups excluding tert-OH is 1. The molecule has 1 atom stereocenters. The molecule has 1 saturated heterocycles. The van der Waals surface area contributed by atoms with Gasteiger partial charge < -0.3 is 20.1 Å². The fraction of sp³-hybridized carbons (Fsp3) is 0.435. The van der Waals surface area contributed by atoms with E-state index in [1.807, 2.05) is 47.4 Å². The number of benzene rings is 2. The molecule has 28 heavy (non-hydrogen) atoms. The number of aliphatic hydroxyl groups is 1. The smallest absolute Gasteiger partial charge is 0.223 e. The number of hydrogen-bond acceptors (Lipinski definition) is 4. The third-order valence-corrected chi connectivity index (χ3v) is 5.13. The Morgan fingerprint density at radius 3 is 2.75 bits per heavy atom. The van der Waals surface area contributed by atoms with Gasteiger partial charge in [-0.1, -0.05) is 48.5 Å². The van der Waals surface area contributed by atoms with E-state index in [-0.39, 0.29) is 18.6 Å². The van der Waals surface area contributed by atoms with Gasteiger partial charge in [0.1, 0.15) is 5.75 Å². The SMILES string of the molecule is O=C(CCc1ccccc1OCCCO)N1CCNCC1Cc1ccccc1. The van der Waals surface area contributed by atoms with Crippen LogP contribution >= 0.6 is 0 Å². The maximum atomic E-state index is 13.0. The third kappa shape index (κ3) is 5.81. The van der Waals surface area contributed by atoms with Crippen molar-refractivity contribution in [1.82, 2.24) is 10.2 Å². The first-order valence-corrected chi connectivity index (χ1v) is 10.1. The molecule has 2 N–H and O–H groups in total. The van der Waals surface area contributed by atoms with Crippen molar-refractivity contribution < 1.29 is 14.6 Å². The molecule has 0 radical (unpaired) electrons. The second-order valence-electron chi connectivity index (χ2n) is 7.17. The van der Waals surface area contributed by atoms with E-state index in [2.05, 4.69) is 17.4 Å². The number of hydrogen-bond donors (Lipinski definition) is 2. The Hall–Kier alpha value is -2.37. The zero-order chi connectivity index (χ0) is 19.6. The van der Waals surface area contributed by atoms with Crippen LogP contribution in [0.4, 0.5) is 0 Å². The van der Waals surface area contributed by atoms with E-state index in [9.17, 15) is 4.79 Å². The van der Waals surface area contributed by atoms with Crippen LogP contribution in [0, 0.1) is 0 Å². The van der Waals surface area contributed by atoms with Gasteiger partial charge in [-0.2, -0.15) is 0 Å². The number of rotatable bonds is 9. The van der Waals surface area contributed by atoms with E-state index in [1.165, 1.54) is 5.56 Å². The molecule has 1 aliphatic rings. The highest BCUT2D eigenvalue weighted by Crippen LogP contribution is 2.21. The lowest BCUT2D eigenvalue weighted by Crippen LogP contribution is -2.54. The molecule has 1 heterocycles. The molecule has 1 aliphatic heterocycles. The second-order valence-corrected chi connectivity index (χ2v) is 7.17. The van der Waals surface area contributed by atoms with Gasteiger partial charge in [0, 0.05) is 45.1 Å². The predicted octanol–water partition coefficient (Wildman–Crippen LogP) is 2.42. The van der Waals surface area contributed by atoms with Crippen LogP contribution in [0.5, 0.6) is 5.75 Å². The molecule has 2 aromatic rings. The zero-order valence-electron chi connectivity index (χ0n) is 16.3. The van der Waals surface area contributed by atoms with Crippen molar-refractivity contribution in [3.8, 4) is 5.75 Å². The fourth-order valence-corrected chi connectivity index (χ4v) is 3.64. The third-order valence-electron chi connectivity index (χ3n) is 5.13. The number of piperazine rings is 1. The predicted molar refractivity (Wildman–Crippen MR) is 110 cm³/mol. The van der Waals surface area contributed by atoms with E-state index in [0.717, 1.165) is 37.4 Å². The van der Waals surface area contributed by atoms with Gasteiger partial charge in [0.25, 0.3) is 0 Å². The van der Waals surface area contributed by atoms with Gasteiger partial charge in [-0.05, 0) is 30.0 Å². The highest BCUT2D eigenvalue weighted by atomic mass is 16.5. The van der Waals surface area contributed by atoms with Crippen molar-refractivity contribution >= 4 is 5.91 Å². The molecule has 0 saturated carbocycles. The average Bonchev–Trinajstić information content (AvgIpc) is 2.74. The number of aryl methyl sites for hydroxylation is 1. The lowest BCUT2D eigenvalue weighted by molar-refractivity contribution is -0.134. The Labute approximate surface area is 167 Å².